The molecule has 2 aliphatic rings. The lowest BCUT2D eigenvalue weighted by molar-refractivity contribution is 0.296. The Bertz CT molecular complexity index is 423. The predicted molar refractivity (Wildman–Crippen MR) is 81.3 cm³/mol. The molecule has 104 valence electrons. The summed E-state index contributed by atoms with van der Waals surface area (Å²) < 4.78 is 0. The van der Waals surface area contributed by atoms with Crippen LogP contribution in [0.1, 0.15) is 43.7 Å². The Morgan fingerprint density at radius 2 is 1.89 bits per heavy atom. The molecule has 2 fully saturated rings. The first-order valence-corrected chi connectivity index (χ1v) is 7.66. The SMILES string of the molecule is CN(C)c1ccc(C(N)CC2CC3CCC2C3)cc1. The first kappa shape index (κ1) is 13.0. The predicted octanol–water partition coefficient (Wildman–Crippen LogP) is 3.58. The number of hydrogen-bond acceptors (Lipinski definition) is 2. The van der Waals surface area contributed by atoms with Crippen molar-refractivity contribution in [3.8, 4) is 0 Å². The average Bonchev–Trinajstić information content (AvgIpc) is 3.01. The summed E-state index contributed by atoms with van der Waals surface area (Å²) in [5.41, 5.74) is 8.96. The fraction of sp³-hybridized carbons (Fsp3) is 0.647. The maximum absolute atomic E-state index is 6.42. The molecule has 4 atom stereocenters. The molecule has 2 nitrogen and oxygen atoms in total. The minimum Gasteiger partial charge on any atom is -0.378 e. The van der Waals surface area contributed by atoms with Gasteiger partial charge >= 0.3 is 0 Å². The number of nitrogens with zero attached hydrogens (tertiary/aromatic N) is 1. The molecule has 0 heterocycles. The zero-order chi connectivity index (χ0) is 13.4. The molecule has 0 spiro atoms. The van der Waals surface area contributed by atoms with Gasteiger partial charge in [0, 0.05) is 25.8 Å². The average molecular weight is 258 g/mol. The Morgan fingerprint density at radius 1 is 1.16 bits per heavy atom. The van der Waals surface area contributed by atoms with Crippen LogP contribution in [0.25, 0.3) is 0 Å². The van der Waals surface area contributed by atoms with Crippen LogP contribution in [0.3, 0.4) is 0 Å². The molecular weight excluding hydrogens is 232 g/mol. The van der Waals surface area contributed by atoms with Crippen LogP contribution in [0, 0.1) is 17.8 Å². The molecule has 1 aromatic carbocycles. The molecule has 19 heavy (non-hydrogen) atoms. The third-order valence-corrected chi connectivity index (χ3v) is 5.28. The van der Waals surface area contributed by atoms with E-state index in [1.54, 1.807) is 0 Å². The van der Waals surface area contributed by atoms with Gasteiger partial charge in [0.15, 0.2) is 0 Å². The minimum atomic E-state index is 0.223. The van der Waals surface area contributed by atoms with E-state index in [1.807, 2.05) is 0 Å². The van der Waals surface area contributed by atoms with E-state index in [0.29, 0.717) is 0 Å². The number of nitrogens with two attached hydrogens (primary N) is 1. The highest BCUT2D eigenvalue weighted by Gasteiger charge is 2.39. The maximum Gasteiger partial charge on any atom is 0.0361 e. The normalized spacial score (nSPS) is 30.6. The molecule has 0 aromatic heterocycles. The molecule has 2 N–H and O–H groups in total. The monoisotopic (exact) mass is 258 g/mol. The van der Waals surface area contributed by atoms with Crippen LogP contribution in [0.5, 0.6) is 0 Å². The quantitative estimate of drug-likeness (QED) is 0.894. The molecule has 0 saturated heterocycles. The van der Waals surface area contributed by atoms with E-state index in [9.17, 15) is 0 Å². The van der Waals surface area contributed by atoms with E-state index in [4.69, 9.17) is 5.73 Å². The topological polar surface area (TPSA) is 29.3 Å². The van der Waals surface area contributed by atoms with Gasteiger partial charge in [-0.1, -0.05) is 18.6 Å². The van der Waals surface area contributed by atoms with E-state index >= 15 is 0 Å². The first-order chi connectivity index (χ1) is 9.13. The van der Waals surface area contributed by atoms with E-state index in [2.05, 4.69) is 43.3 Å². The minimum absolute atomic E-state index is 0.223. The summed E-state index contributed by atoms with van der Waals surface area (Å²) in [6, 6.07) is 8.98. The van der Waals surface area contributed by atoms with Crippen molar-refractivity contribution in [3.05, 3.63) is 29.8 Å². The Labute approximate surface area is 117 Å². The third-order valence-electron chi connectivity index (χ3n) is 5.28. The third kappa shape index (κ3) is 2.64. The highest BCUT2D eigenvalue weighted by Crippen LogP contribution is 2.50. The second-order valence-electron chi connectivity index (χ2n) is 6.76. The highest BCUT2D eigenvalue weighted by atomic mass is 15.1. The van der Waals surface area contributed by atoms with Crippen LogP contribution in [0.2, 0.25) is 0 Å². The highest BCUT2D eigenvalue weighted by molar-refractivity contribution is 5.46. The smallest absolute Gasteiger partial charge is 0.0361 e. The Kier molecular flexibility index (Phi) is 3.53. The van der Waals surface area contributed by atoms with Gasteiger partial charge in [0.1, 0.15) is 0 Å². The summed E-state index contributed by atoms with van der Waals surface area (Å²) in [6.45, 7) is 0. The molecule has 2 saturated carbocycles. The van der Waals surface area contributed by atoms with E-state index in [1.165, 1.54) is 43.4 Å². The Morgan fingerprint density at radius 3 is 2.42 bits per heavy atom. The molecule has 1 aromatic rings. The summed E-state index contributed by atoms with van der Waals surface area (Å²) in [5, 5.41) is 0. The van der Waals surface area contributed by atoms with Gasteiger partial charge in [-0.25, -0.2) is 0 Å². The van der Waals surface area contributed by atoms with Gasteiger partial charge in [-0.2, -0.15) is 0 Å². The van der Waals surface area contributed by atoms with Crippen LogP contribution in [0.4, 0.5) is 5.69 Å². The summed E-state index contributed by atoms with van der Waals surface area (Å²) >= 11 is 0. The number of fused-ring (bicyclic) bond motifs is 2. The second kappa shape index (κ2) is 5.16. The van der Waals surface area contributed by atoms with E-state index < -0.39 is 0 Å². The fourth-order valence-corrected chi connectivity index (χ4v) is 4.15. The molecule has 0 aliphatic heterocycles. The molecule has 2 bridgehead atoms. The van der Waals surface area contributed by atoms with Gasteiger partial charge in [0.25, 0.3) is 0 Å². The summed E-state index contributed by atoms with van der Waals surface area (Å²) in [7, 11) is 4.15. The van der Waals surface area contributed by atoms with Crippen molar-refractivity contribution in [2.24, 2.45) is 23.5 Å². The van der Waals surface area contributed by atoms with Gasteiger partial charge in [0.2, 0.25) is 0 Å². The number of rotatable bonds is 4. The van der Waals surface area contributed by atoms with Gasteiger partial charge < -0.3 is 10.6 Å². The van der Waals surface area contributed by atoms with Crippen molar-refractivity contribution in [1.82, 2.24) is 0 Å². The molecule has 0 amide bonds. The van der Waals surface area contributed by atoms with Crippen molar-refractivity contribution in [2.75, 3.05) is 19.0 Å². The lowest BCUT2D eigenvalue weighted by atomic mass is 9.83. The standard InChI is InChI=1S/C17H26N2/c1-19(2)16-7-5-13(6-8-16)17(18)11-15-10-12-3-4-14(15)9-12/h5-8,12,14-15,17H,3-4,9-11,18H2,1-2H3. The second-order valence-corrected chi connectivity index (χ2v) is 6.76. The zero-order valence-electron chi connectivity index (χ0n) is 12.2. The molecule has 3 rings (SSSR count). The van der Waals surface area contributed by atoms with Crippen LogP contribution in [0.15, 0.2) is 24.3 Å². The van der Waals surface area contributed by atoms with Crippen LogP contribution < -0.4 is 10.6 Å². The lowest BCUT2D eigenvalue weighted by Gasteiger charge is -2.25. The summed E-state index contributed by atoms with van der Waals surface area (Å²) in [4.78, 5) is 2.13. The molecule has 2 aliphatic carbocycles. The van der Waals surface area contributed by atoms with Crippen molar-refractivity contribution in [3.63, 3.8) is 0 Å². The molecule has 4 unspecified atom stereocenters. The van der Waals surface area contributed by atoms with Crippen molar-refractivity contribution in [2.45, 2.75) is 38.1 Å². The van der Waals surface area contributed by atoms with Gasteiger partial charge in [0.05, 0.1) is 0 Å². The Balaban J connectivity index is 1.62. The van der Waals surface area contributed by atoms with Crippen molar-refractivity contribution in [1.29, 1.82) is 0 Å². The fourth-order valence-electron chi connectivity index (χ4n) is 4.15. The molecular formula is C17H26N2. The van der Waals surface area contributed by atoms with Crippen molar-refractivity contribution >= 4 is 5.69 Å². The first-order valence-electron chi connectivity index (χ1n) is 7.66. The maximum atomic E-state index is 6.42. The number of benzene rings is 1. The van der Waals surface area contributed by atoms with E-state index in [-0.39, 0.29) is 6.04 Å². The summed E-state index contributed by atoms with van der Waals surface area (Å²) in [5.74, 6) is 2.90. The van der Waals surface area contributed by atoms with Gasteiger partial charge in [-0.05, 0) is 61.1 Å². The largest absolute Gasteiger partial charge is 0.378 e. The van der Waals surface area contributed by atoms with Crippen LogP contribution in [-0.4, -0.2) is 14.1 Å². The van der Waals surface area contributed by atoms with Gasteiger partial charge in [-0.15, -0.1) is 0 Å². The number of hydrogen-bond donors (Lipinski definition) is 1. The van der Waals surface area contributed by atoms with Gasteiger partial charge in [-0.3, -0.25) is 0 Å². The number of anilines is 1. The Hall–Kier alpha value is -1.02. The van der Waals surface area contributed by atoms with Crippen molar-refractivity contribution < 1.29 is 0 Å². The molecule has 0 radical (unpaired) electrons. The van der Waals surface area contributed by atoms with Crippen LogP contribution in [-0.2, 0) is 0 Å². The molecule has 2 heteroatoms. The van der Waals surface area contributed by atoms with E-state index in [0.717, 1.165) is 17.8 Å². The van der Waals surface area contributed by atoms with Crippen LogP contribution >= 0.6 is 0 Å². The lowest BCUT2D eigenvalue weighted by Crippen LogP contribution is -2.19. The zero-order valence-corrected chi connectivity index (χ0v) is 12.2. The summed E-state index contributed by atoms with van der Waals surface area (Å²) in [6.07, 6.45) is 7.04.